The van der Waals surface area contributed by atoms with Crippen molar-refractivity contribution in [1.29, 1.82) is 5.26 Å². The molecule has 0 radical (unpaired) electrons. The fourth-order valence-electron chi connectivity index (χ4n) is 3.11. The van der Waals surface area contributed by atoms with E-state index in [4.69, 9.17) is 5.26 Å². The molecular formula is C21H24N6O2. The molecule has 0 bridgehead atoms. The fraction of sp³-hybridized carbons (Fsp3) is 0.333. The molecule has 1 aromatic carbocycles. The van der Waals surface area contributed by atoms with Gasteiger partial charge in [-0.25, -0.2) is 9.78 Å². The number of hydrogen-bond donors (Lipinski definition) is 2. The molecule has 0 aliphatic carbocycles. The van der Waals surface area contributed by atoms with Crippen LogP contribution in [-0.4, -0.2) is 54.0 Å². The minimum atomic E-state index is -0.274. The zero-order valence-corrected chi connectivity index (χ0v) is 16.6. The zero-order chi connectivity index (χ0) is 20.8. The molecule has 0 unspecified atom stereocenters. The predicted molar refractivity (Wildman–Crippen MR) is 111 cm³/mol. The van der Waals surface area contributed by atoms with Crippen LogP contribution in [0.2, 0.25) is 0 Å². The van der Waals surface area contributed by atoms with Crippen LogP contribution >= 0.6 is 0 Å². The molecule has 1 aliphatic rings. The van der Waals surface area contributed by atoms with Gasteiger partial charge in [-0.15, -0.1) is 0 Å². The molecule has 0 atom stereocenters. The second-order valence-electron chi connectivity index (χ2n) is 7.12. The van der Waals surface area contributed by atoms with Crippen molar-refractivity contribution in [3.8, 4) is 6.07 Å². The number of nitrogens with one attached hydrogen (secondary N) is 2. The van der Waals surface area contributed by atoms with Gasteiger partial charge in [0.05, 0.1) is 11.6 Å². The van der Waals surface area contributed by atoms with Gasteiger partial charge in [0.2, 0.25) is 0 Å². The molecule has 1 aliphatic heterocycles. The molecule has 3 amide bonds. The summed E-state index contributed by atoms with van der Waals surface area (Å²) in [7, 11) is 0. The summed E-state index contributed by atoms with van der Waals surface area (Å²) in [6.45, 7) is 6.24. The third kappa shape index (κ3) is 5.23. The monoisotopic (exact) mass is 392 g/mol. The lowest BCUT2D eigenvalue weighted by Gasteiger charge is -2.35. The third-order valence-corrected chi connectivity index (χ3v) is 4.57. The summed E-state index contributed by atoms with van der Waals surface area (Å²) in [5, 5.41) is 14.5. The molecule has 1 fully saturated rings. The van der Waals surface area contributed by atoms with E-state index < -0.39 is 0 Å². The Morgan fingerprint density at radius 3 is 2.41 bits per heavy atom. The van der Waals surface area contributed by atoms with Gasteiger partial charge < -0.3 is 20.4 Å². The number of urea groups is 1. The van der Waals surface area contributed by atoms with Gasteiger partial charge in [-0.3, -0.25) is 4.79 Å². The number of benzene rings is 1. The van der Waals surface area contributed by atoms with Crippen LogP contribution in [0.25, 0.3) is 0 Å². The second kappa shape index (κ2) is 9.06. The molecule has 2 N–H and O–H groups in total. The van der Waals surface area contributed by atoms with Gasteiger partial charge >= 0.3 is 6.03 Å². The molecule has 2 heterocycles. The summed E-state index contributed by atoms with van der Waals surface area (Å²) >= 11 is 0. The number of nitrogens with zero attached hydrogens (tertiary/aromatic N) is 4. The Morgan fingerprint density at radius 1 is 1.10 bits per heavy atom. The predicted octanol–water partition coefficient (Wildman–Crippen LogP) is 2.45. The van der Waals surface area contributed by atoms with Crippen molar-refractivity contribution in [1.82, 2.24) is 15.2 Å². The van der Waals surface area contributed by atoms with Crippen LogP contribution in [-0.2, 0) is 0 Å². The van der Waals surface area contributed by atoms with Crippen molar-refractivity contribution in [3.05, 3.63) is 53.7 Å². The number of carbonyl (C=O) groups is 2. The van der Waals surface area contributed by atoms with Crippen molar-refractivity contribution in [2.45, 2.75) is 19.9 Å². The van der Waals surface area contributed by atoms with Gasteiger partial charge in [-0.2, -0.15) is 5.26 Å². The normalized spacial score (nSPS) is 13.7. The standard InChI is InChI=1S/C21H24N6O2/c1-15(2)24-21(29)25-18-5-3-17(4-6-18)20(28)27-11-9-26(10-12-27)19-13-16(14-22)7-8-23-19/h3-8,13,15H,9-12H2,1-2H3,(H2,24,25,29). The Balaban J connectivity index is 1.56. The molecule has 1 aromatic heterocycles. The van der Waals surface area contributed by atoms with Crippen LogP contribution in [0.15, 0.2) is 42.6 Å². The summed E-state index contributed by atoms with van der Waals surface area (Å²) < 4.78 is 0. The Bertz CT molecular complexity index is 912. The highest BCUT2D eigenvalue weighted by molar-refractivity contribution is 5.95. The zero-order valence-electron chi connectivity index (χ0n) is 16.6. The number of pyridine rings is 1. The molecule has 8 nitrogen and oxygen atoms in total. The van der Waals surface area contributed by atoms with Gasteiger partial charge in [-0.1, -0.05) is 0 Å². The molecule has 3 rings (SSSR count). The van der Waals surface area contributed by atoms with E-state index in [1.165, 1.54) is 0 Å². The summed E-state index contributed by atoms with van der Waals surface area (Å²) in [6.07, 6.45) is 1.63. The Morgan fingerprint density at radius 2 is 1.79 bits per heavy atom. The number of nitriles is 1. The minimum Gasteiger partial charge on any atom is -0.353 e. The van der Waals surface area contributed by atoms with Crippen LogP contribution in [0, 0.1) is 11.3 Å². The Labute approximate surface area is 170 Å². The first-order chi connectivity index (χ1) is 14.0. The fourth-order valence-corrected chi connectivity index (χ4v) is 3.11. The van der Waals surface area contributed by atoms with E-state index in [-0.39, 0.29) is 18.0 Å². The molecule has 0 spiro atoms. The highest BCUT2D eigenvalue weighted by atomic mass is 16.2. The molecule has 2 aromatic rings. The minimum absolute atomic E-state index is 0.0402. The van der Waals surface area contributed by atoms with Crippen LogP contribution in [0.5, 0.6) is 0 Å². The first kappa shape index (κ1) is 20.1. The molecule has 8 heteroatoms. The van der Waals surface area contributed by atoms with Crippen molar-refractivity contribution in [3.63, 3.8) is 0 Å². The van der Waals surface area contributed by atoms with E-state index >= 15 is 0 Å². The lowest BCUT2D eigenvalue weighted by atomic mass is 10.1. The van der Waals surface area contributed by atoms with Gasteiger partial charge in [0.15, 0.2) is 0 Å². The molecule has 150 valence electrons. The third-order valence-electron chi connectivity index (χ3n) is 4.57. The number of hydrogen-bond acceptors (Lipinski definition) is 5. The summed E-state index contributed by atoms with van der Waals surface area (Å²) in [6, 6.07) is 12.2. The maximum atomic E-state index is 12.8. The average Bonchev–Trinajstić information content (AvgIpc) is 2.73. The number of carbonyl (C=O) groups excluding carboxylic acids is 2. The Hall–Kier alpha value is -3.60. The molecule has 0 saturated carbocycles. The quantitative estimate of drug-likeness (QED) is 0.832. The largest absolute Gasteiger partial charge is 0.353 e. The topological polar surface area (TPSA) is 101 Å². The number of piperazine rings is 1. The maximum Gasteiger partial charge on any atom is 0.319 e. The SMILES string of the molecule is CC(C)NC(=O)Nc1ccc(C(=O)N2CCN(c3cc(C#N)ccn3)CC2)cc1. The number of rotatable bonds is 4. The van der Waals surface area contributed by atoms with E-state index in [2.05, 4.69) is 26.6 Å². The van der Waals surface area contributed by atoms with Crippen LogP contribution in [0.3, 0.4) is 0 Å². The smallest absolute Gasteiger partial charge is 0.319 e. The number of anilines is 2. The van der Waals surface area contributed by atoms with Gasteiger partial charge in [0.25, 0.3) is 5.91 Å². The van der Waals surface area contributed by atoms with E-state index in [1.54, 1.807) is 47.5 Å². The van der Waals surface area contributed by atoms with Crippen LogP contribution in [0.1, 0.15) is 29.8 Å². The summed E-state index contributed by atoms with van der Waals surface area (Å²) in [5.74, 6) is 0.716. The van der Waals surface area contributed by atoms with Crippen molar-refractivity contribution >= 4 is 23.4 Å². The average molecular weight is 392 g/mol. The van der Waals surface area contributed by atoms with Crippen molar-refractivity contribution in [2.24, 2.45) is 0 Å². The van der Waals surface area contributed by atoms with E-state index in [0.717, 1.165) is 5.82 Å². The highest BCUT2D eigenvalue weighted by Crippen LogP contribution is 2.17. The lowest BCUT2D eigenvalue weighted by molar-refractivity contribution is 0.0746. The van der Waals surface area contributed by atoms with E-state index in [1.807, 2.05) is 13.8 Å². The number of amides is 3. The first-order valence-corrected chi connectivity index (χ1v) is 9.54. The second-order valence-corrected chi connectivity index (χ2v) is 7.12. The first-order valence-electron chi connectivity index (χ1n) is 9.54. The van der Waals surface area contributed by atoms with Gasteiger partial charge in [-0.05, 0) is 50.2 Å². The Kier molecular flexibility index (Phi) is 6.29. The van der Waals surface area contributed by atoms with Gasteiger partial charge in [0, 0.05) is 49.7 Å². The number of aromatic nitrogens is 1. The van der Waals surface area contributed by atoms with E-state index in [9.17, 15) is 9.59 Å². The molecule has 29 heavy (non-hydrogen) atoms. The van der Waals surface area contributed by atoms with Gasteiger partial charge in [0.1, 0.15) is 5.82 Å². The van der Waals surface area contributed by atoms with Crippen molar-refractivity contribution < 1.29 is 9.59 Å². The van der Waals surface area contributed by atoms with E-state index in [0.29, 0.717) is 43.0 Å². The molecule has 1 saturated heterocycles. The van der Waals surface area contributed by atoms with Crippen molar-refractivity contribution in [2.75, 3.05) is 36.4 Å². The maximum absolute atomic E-state index is 12.8. The summed E-state index contributed by atoms with van der Waals surface area (Å²) in [4.78, 5) is 32.7. The lowest BCUT2D eigenvalue weighted by Crippen LogP contribution is -2.49. The van der Waals surface area contributed by atoms with Crippen LogP contribution < -0.4 is 15.5 Å². The highest BCUT2D eigenvalue weighted by Gasteiger charge is 2.23. The summed E-state index contributed by atoms with van der Waals surface area (Å²) in [5.41, 5.74) is 1.79. The molecular weight excluding hydrogens is 368 g/mol. The van der Waals surface area contributed by atoms with Crippen LogP contribution in [0.4, 0.5) is 16.3 Å².